The van der Waals surface area contributed by atoms with E-state index in [0.717, 1.165) is 4.47 Å². The van der Waals surface area contributed by atoms with Crippen molar-refractivity contribution < 1.29 is 9.13 Å². The fourth-order valence-electron chi connectivity index (χ4n) is 1.94. The molecule has 2 unspecified atom stereocenters. The number of ether oxygens (including phenoxy) is 1. The van der Waals surface area contributed by atoms with Crippen LogP contribution in [0, 0.1) is 11.7 Å². The number of halogens is 2. The average Bonchev–Trinajstić information content (AvgIpc) is 2.36. The van der Waals surface area contributed by atoms with Gasteiger partial charge in [0.25, 0.3) is 0 Å². The van der Waals surface area contributed by atoms with Crippen molar-refractivity contribution in [3.05, 3.63) is 34.1 Å². The Bertz CT molecular complexity index is 398. The summed E-state index contributed by atoms with van der Waals surface area (Å²) in [5.41, 5.74) is 0.677. The molecular weight excluding hydrogens is 309 g/mol. The molecule has 0 aliphatic carbocycles. The third kappa shape index (κ3) is 5.21. The first kappa shape index (κ1) is 16.6. The Morgan fingerprint density at radius 1 is 1.32 bits per heavy atom. The summed E-state index contributed by atoms with van der Waals surface area (Å²) in [5.74, 6) is 0.256. The van der Waals surface area contributed by atoms with Crippen LogP contribution in [0.15, 0.2) is 22.7 Å². The van der Waals surface area contributed by atoms with Crippen molar-refractivity contribution in [2.24, 2.45) is 5.92 Å². The number of nitrogens with one attached hydrogen (secondary N) is 1. The van der Waals surface area contributed by atoms with Gasteiger partial charge in [0.2, 0.25) is 0 Å². The van der Waals surface area contributed by atoms with Crippen LogP contribution in [-0.2, 0) is 4.74 Å². The second-order valence-electron chi connectivity index (χ2n) is 5.06. The van der Waals surface area contributed by atoms with Crippen LogP contribution in [0.2, 0.25) is 0 Å². The van der Waals surface area contributed by atoms with E-state index >= 15 is 0 Å². The zero-order valence-electron chi connectivity index (χ0n) is 12.0. The maximum Gasteiger partial charge on any atom is 0.128 e. The van der Waals surface area contributed by atoms with E-state index in [4.69, 9.17) is 4.74 Å². The van der Waals surface area contributed by atoms with Gasteiger partial charge in [-0.15, -0.1) is 0 Å². The molecule has 0 heterocycles. The van der Waals surface area contributed by atoms with E-state index in [0.29, 0.717) is 24.7 Å². The summed E-state index contributed by atoms with van der Waals surface area (Å²) >= 11 is 3.38. The SMILES string of the molecule is CCOCC(NC(C)c1cc(Br)ccc1F)C(C)C. The van der Waals surface area contributed by atoms with Gasteiger partial charge in [0.1, 0.15) is 5.82 Å². The smallest absolute Gasteiger partial charge is 0.128 e. The lowest BCUT2D eigenvalue weighted by Crippen LogP contribution is -2.39. The van der Waals surface area contributed by atoms with Crippen molar-refractivity contribution in [2.75, 3.05) is 13.2 Å². The highest BCUT2D eigenvalue weighted by Gasteiger charge is 2.19. The number of rotatable bonds is 7. The minimum Gasteiger partial charge on any atom is -0.380 e. The quantitative estimate of drug-likeness (QED) is 0.804. The Morgan fingerprint density at radius 3 is 2.58 bits per heavy atom. The molecule has 19 heavy (non-hydrogen) atoms. The Hall–Kier alpha value is -0.450. The first-order valence-corrected chi connectivity index (χ1v) is 7.53. The van der Waals surface area contributed by atoms with E-state index in [2.05, 4.69) is 35.1 Å². The predicted molar refractivity (Wildman–Crippen MR) is 80.8 cm³/mol. The van der Waals surface area contributed by atoms with Crippen LogP contribution >= 0.6 is 15.9 Å². The summed E-state index contributed by atoms with van der Waals surface area (Å²) in [7, 11) is 0. The summed E-state index contributed by atoms with van der Waals surface area (Å²) in [4.78, 5) is 0. The number of hydrogen-bond acceptors (Lipinski definition) is 2. The van der Waals surface area contributed by atoms with E-state index in [1.807, 2.05) is 19.9 Å². The largest absolute Gasteiger partial charge is 0.380 e. The molecule has 1 N–H and O–H groups in total. The van der Waals surface area contributed by atoms with Crippen LogP contribution in [0.5, 0.6) is 0 Å². The normalized spacial score (nSPS) is 14.7. The molecule has 0 amide bonds. The molecule has 2 nitrogen and oxygen atoms in total. The monoisotopic (exact) mass is 331 g/mol. The van der Waals surface area contributed by atoms with E-state index < -0.39 is 0 Å². The van der Waals surface area contributed by atoms with Crippen LogP contribution in [0.4, 0.5) is 4.39 Å². The van der Waals surface area contributed by atoms with Crippen molar-refractivity contribution in [1.82, 2.24) is 5.32 Å². The third-order valence-electron chi connectivity index (χ3n) is 3.19. The Morgan fingerprint density at radius 2 is 2.00 bits per heavy atom. The highest BCUT2D eigenvalue weighted by molar-refractivity contribution is 9.10. The number of hydrogen-bond donors (Lipinski definition) is 1. The molecule has 108 valence electrons. The van der Waals surface area contributed by atoms with Gasteiger partial charge in [0.15, 0.2) is 0 Å². The molecular formula is C15H23BrFNO. The van der Waals surface area contributed by atoms with Gasteiger partial charge in [-0.25, -0.2) is 4.39 Å². The summed E-state index contributed by atoms with van der Waals surface area (Å²) in [6, 6.07) is 5.19. The summed E-state index contributed by atoms with van der Waals surface area (Å²) in [6.45, 7) is 9.58. The molecule has 0 bridgehead atoms. The highest BCUT2D eigenvalue weighted by atomic mass is 79.9. The Balaban J connectivity index is 2.75. The fourth-order valence-corrected chi connectivity index (χ4v) is 2.31. The van der Waals surface area contributed by atoms with Crippen LogP contribution in [0.25, 0.3) is 0 Å². The molecule has 4 heteroatoms. The van der Waals surface area contributed by atoms with E-state index in [-0.39, 0.29) is 17.9 Å². The van der Waals surface area contributed by atoms with Crippen molar-refractivity contribution in [2.45, 2.75) is 39.8 Å². The molecule has 0 saturated heterocycles. The van der Waals surface area contributed by atoms with E-state index in [1.165, 1.54) is 6.07 Å². The summed E-state index contributed by atoms with van der Waals surface area (Å²) in [5, 5.41) is 3.45. The standard InChI is InChI=1S/C15H23BrFNO/c1-5-19-9-15(10(2)3)18-11(4)13-8-12(16)6-7-14(13)17/h6-8,10-11,15,18H,5,9H2,1-4H3. The molecule has 2 atom stereocenters. The molecule has 1 rings (SSSR count). The van der Waals surface area contributed by atoms with Crippen LogP contribution in [0.3, 0.4) is 0 Å². The van der Waals surface area contributed by atoms with Crippen molar-refractivity contribution in [3.63, 3.8) is 0 Å². The molecule has 0 spiro atoms. The maximum absolute atomic E-state index is 13.8. The van der Waals surface area contributed by atoms with E-state index in [1.54, 1.807) is 6.07 Å². The average molecular weight is 332 g/mol. The zero-order chi connectivity index (χ0) is 14.4. The topological polar surface area (TPSA) is 21.3 Å². The predicted octanol–water partition coefficient (Wildman–Crippen LogP) is 4.30. The maximum atomic E-state index is 13.8. The lowest BCUT2D eigenvalue weighted by Gasteiger charge is -2.26. The molecule has 0 aliphatic rings. The van der Waals surface area contributed by atoms with Crippen molar-refractivity contribution in [3.8, 4) is 0 Å². The van der Waals surface area contributed by atoms with Gasteiger partial charge in [0.05, 0.1) is 6.61 Å². The molecule has 0 fully saturated rings. The molecule has 0 saturated carbocycles. The Labute approximate surface area is 123 Å². The van der Waals surface area contributed by atoms with Crippen LogP contribution in [-0.4, -0.2) is 19.3 Å². The van der Waals surface area contributed by atoms with Gasteiger partial charge in [-0.3, -0.25) is 0 Å². The van der Waals surface area contributed by atoms with Crippen molar-refractivity contribution >= 4 is 15.9 Å². The Kier molecular flexibility index (Phi) is 6.97. The third-order valence-corrected chi connectivity index (χ3v) is 3.69. The van der Waals surface area contributed by atoms with Gasteiger partial charge in [-0.2, -0.15) is 0 Å². The van der Waals surface area contributed by atoms with Crippen LogP contribution < -0.4 is 5.32 Å². The van der Waals surface area contributed by atoms with Gasteiger partial charge >= 0.3 is 0 Å². The lowest BCUT2D eigenvalue weighted by atomic mass is 10.0. The van der Waals surface area contributed by atoms with Crippen molar-refractivity contribution in [1.29, 1.82) is 0 Å². The number of benzene rings is 1. The summed E-state index contributed by atoms with van der Waals surface area (Å²) < 4.78 is 20.2. The van der Waals surface area contributed by atoms with Gasteiger partial charge < -0.3 is 10.1 Å². The minimum atomic E-state index is -0.179. The lowest BCUT2D eigenvalue weighted by molar-refractivity contribution is 0.104. The summed E-state index contributed by atoms with van der Waals surface area (Å²) in [6.07, 6.45) is 0. The zero-order valence-corrected chi connectivity index (χ0v) is 13.6. The first-order chi connectivity index (χ1) is 8.95. The van der Waals surface area contributed by atoms with E-state index in [9.17, 15) is 4.39 Å². The van der Waals surface area contributed by atoms with Gasteiger partial charge in [-0.05, 0) is 38.0 Å². The first-order valence-electron chi connectivity index (χ1n) is 6.74. The second kappa shape index (κ2) is 7.98. The molecule has 1 aromatic rings. The highest BCUT2D eigenvalue weighted by Crippen LogP contribution is 2.22. The van der Waals surface area contributed by atoms with Gasteiger partial charge in [-0.1, -0.05) is 29.8 Å². The van der Waals surface area contributed by atoms with Crippen LogP contribution in [0.1, 0.15) is 39.3 Å². The van der Waals surface area contributed by atoms with Gasteiger partial charge in [0, 0.05) is 28.7 Å². The molecule has 0 aromatic heterocycles. The fraction of sp³-hybridized carbons (Fsp3) is 0.600. The molecule has 0 radical (unpaired) electrons. The minimum absolute atomic E-state index is 0.0506. The second-order valence-corrected chi connectivity index (χ2v) is 5.98. The molecule has 1 aromatic carbocycles. The molecule has 0 aliphatic heterocycles.